The van der Waals surface area contributed by atoms with E-state index in [1.807, 2.05) is 18.2 Å². The molecule has 0 saturated carbocycles. The van der Waals surface area contributed by atoms with Crippen molar-refractivity contribution in [3.05, 3.63) is 23.8 Å². The van der Waals surface area contributed by atoms with E-state index < -0.39 is 0 Å². The van der Waals surface area contributed by atoms with Crippen LogP contribution in [0.25, 0.3) is 0 Å². The van der Waals surface area contributed by atoms with Crippen LogP contribution in [-0.4, -0.2) is 39.2 Å². The average Bonchev–Trinajstić information content (AvgIpc) is 2.39. The summed E-state index contributed by atoms with van der Waals surface area (Å²) >= 11 is 0. The molecule has 5 nitrogen and oxygen atoms in total. The van der Waals surface area contributed by atoms with Crippen LogP contribution in [0.1, 0.15) is 19.4 Å². The van der Waals surface area contributed by atoms with Crippen LogP contribution >= 0.6 is 0 Å². The molecular weight excluding hydrogens is 242 g/mol. The molecule has 0 saturated heterocycles. The summed E-state index contributed by atoms with van der Waals surface area (Å²) in [6, 6.07) is 5.74. The number of rotatable bonds is 7. The van der Waals surface area contributed by atoms with E-state index in [-0.39, 0.29) is 11.9 Å². The molecule has 0 aromatic heterocycles. The van der Waals surface area contributed by atoms with E-state index in [9.17, 15) is 0 Å². The van der Waals surface area contributed by atoms with Gasteiger partial charge < -0.3 is 20.1 Å². The van der Waals surface area contributed by atoms with E-state index in [1.165, 1.54) is 0 Å². The highest BCUT2D eigenvalue weighted by Crippen LogP contribution is 2.27. The zero-order valence-corrected chi connectivity index (χ0v) is 12.1. The Morgan fingerprint density at radius 2 is 2.11 bits per heavy atom. The van der Waals surface area contributed by atoms with Crippen molar-refractivity contribution in [2.75, 3.05) is 32.3 Å². The number of nitrogens with zero attached hydrogens (tertiary/aromatic N) is 1. The van der Waals surface area contributed by atoms with Crippen molar-refractivity contribution >= 4 is 11.5 Å². The van der Waals surface area contributed by atoms with Gasteiger partial charge in [-0.1, -0.05) is 0 Å². The first-order valence-electron chi connectivity index (χ1n) is 6.33. The number of hydrogen-bond acceptors (Lipinski definition) is 4. The molecule has 0 aliphatic rings. The highest BCUT2D eigenvalue weighted by atomic mass is 16.5. The number of nitrogens with one attached hydrogen (secondary N) is 1. The Kier molecular flexibility index (Phi) is 5.63. The van der Waals surface area contributed by atoms with E-state index >= 15 is 0 Å². The monoisotopic (exact) mass is 265 g/mol. The lowest BCUT2D eigenvalue weighted by Gasteiger charge is -2.31. The number of anilines is 1. The molecule has 0 radical (unpaired) electrons. The number of hydrogen-bond donors (Lipinski definition) is 2. The molecular formula is C14H23N3O2. The van der Waals surface area contributed by atoms with Crippen molar-refractivity contribution in [1.82, 2.24) is 0 Å². The van der Waals surface area contributed by atoms with Crippen molar-refractivity contribution in [3.63, 3.8) is 0 Å². The SMILES string of the molecule is CCN(c1cc(OC)ccc1C(=N)N)C(C)COC. The Balaban J connectivity index is 3.22. The lowest BCUT2D eigenvalue weighted by Crippen LogP contribution is -2.37. The van der Waals surface area contributed by atoms with Crippen molar-refractivity contribution in [1.29, 1.82) is 5.41 Å². The number of likely N-dealkylation sites (N-methyl/N-ethyl adjacent to an activating group) is 1. The molecule has 0 heterocycles. The van der Waals surface area contributed by atoms with Crippen molar-refractivity contribution in [2.45, 2.75) is 19.9 Å². The topological polar surface area (TPSA) is 71.6 Å². The van der Waals surface area contributed by atoms with Gasteiger partial charge in [-0.25, -0.2) is 0 Å². The van der Waals surface area contributed by atoms with Gasteiger partial charge in [0.2, 0.25) is 0 Å². The Bertz CT molecular complexity index is 435. The second-order valence-electron chi connectivity index (χ2n) is 4.39. The molecule has 0 aliphatic heterocycles. The normalized spacial score (nSPS) is 12.0. The number of amidine groups is 1. The maximum Gasteiger partial charge on any atom is 0.124 e. The molecule has 5 heteroatoms. The van der Waals surface area contributed by atoms with Gasteiger partial charge in [-0.3, -0.25) is 5.41 Å². The maximum absolute atomic E-state index is 7.69. The van der Waals surface area contributed by atoms with Gasteiger partial charge in [-0.05, 0) is 26.0 Å². The van der Waals surface area contributed by atoms with Crippen LogP contribution in [0.4, 0.5) is 5.69 Å². The van der Waals surface area contributed by atoms with E-state index in [1.54, 1.807) is 14.2 Å². The van der Waals surface area contributed by atoms with Crippen molar-refractivity contribution < 1.29 is 9.47 Å². The van der Waals surface area contributed by atoms with Gasteiger partial charge in [-0.2, -0.15) is 0 Å². The third-order valence-electron chi connectivity index (χ3n) is 3.09. The minimum atomic E-state index is 0.0562. The fourth-order valence-electron chi connectivity index (χ4n) is 2.15. The lowest BCUT2D eigenvalue weighted by molar-refractivity contribution is 0.182. The molecule has 0 bridgehead atoms. The summed E-state index contributed by atoms with van der Waals surface area (Å²) < 4.78 is 10.5. The van der Waals surface area contributed by atoms with Gasteiger partial charge in [0.1, 0.15) is 11.6 Å². The molecule has 0 fully saturated rings. The number of benzene rings is 1. The second kappa shape index (κ2) is 6.99. The highest BCUT2D eigenvalue weighted by molar-refractivity contribution is 6.00. The first-order chi connectivity index (χ1) is 9.04. The minimum absolute atomic E-state index is 0.0562. The zero-order valence-electron chi connectivity index (χ0n) is 12.1. The second-order valence-corrected chi connectivity index (χ2v) is 4.39. The van der Waals surface area contributed by atoms with Gasteiger partial charge >= 0.3 is 0 Å². The van der Waals surface area contributed by atoms with Gasteiger partial charge in [0.25, 0.3) is 0 Å². The Labute approximate surface area is 114 Å². The molecule has 0 aliphatic carbocycles. The van der Waals surface area contributed by atoms with Gasteiger partial charge in [0, 0.05) is 31.3 Å². The predicted molar refractivity (Wildman–Crippen MR) is 78.4 cm³/mol. The fraction of sp³-hybridized carbons (Fsp3) is 0.500. The van der Waals surface area contributed by atoms with Crippen LogP contribution in [0.15, 0.2) is 18.2 Å². The lowest BCUT2D eigenvalue weighted by atomic mass is 10.1. The number of nitrogen functional groups attached to an aromatic ring is 1. The summed E-state index contributed by atoms with van der Waals surface area (Å²) in [4.78, 5) is 2.16. The first kappa shape index (κ1) is 15.3. The van der Waals surface area contributed by atoms with Crippen LogP contribution in [0.3, 0.4) is 0 Å². The molecule has 3 N–H and O–H groups in total. The minimum Gasteiger partial charge on any atom is -0.497 e. The van der Waals surface area contributed by atoms with Crippen LogP contribution < -0.4 is 15.4 Å². The summed E-state index contributed by atoms with van der Waals surface area (Å²) in [5.41, 5.74) is 7.27. The molecule has 1 aromatic rings. The van der Waals surface area contributed by atoms with Crippen molar-refractivity contribution in [2.24, 2.45) is 5.73 Å². The zero-order chi connectivity index (χ0) is 14.4. The number of ether oxygens (including phenoxy) is 2. The molecule has 106 valence electrons. The Hall–Kier alpha value is -1.75. The average molecular weight is 265 g/mol. The number of methoxy groups -OCH3 is 2. The summed E-state index contributed by atoms with van der Waals surface area (Å²) in [6.07, 6.45) is 0. The maximum atomic E-state index is 7.69. The van der Waals surface area contributed by atoms with E-state index in [0.717, 1.165) is 18.0 Å². The third kappa shape index (κ3) is 3.61. The van der Waals surface area contributed by atoms with E-state index in [4.69, 9.17) is 20.6 Å². The van der Waals surface area contributed by atoms with E-state index in [2.05, 4.69) is 18.7 Å². The molecule has 1 rings (SSSR count). The summed E-state index contributed by atoms with van der Waals surface area (Å²) in [5, 5.41) is 7.69. The molecule has 1 aromatic carbocycles. The Morgan fingerprint density at radius 3 is 2.58 bits per heavy atom. The molecule has 1 unspecified atom stereocenters. The van der Waals surface area contributed by atoms with E-state index in [0.29, 0.717) is 12.2 Å². The summed E-state index contributed by atoms with van der Waals surface area (Å²) in [6.45, 7) is 5.56. The Morgan fingerprint density at radius 1 is 1.42 bits per heavy atom. The molecule has 19 heavy (non-hydrogen) atoms. The van der Waals surface area contributed by atoms with Gasteiger partial charge in [0.05, 0.1) is 19.4 Å². The third-order valence-corrected chi connectivity index (χ3v) is 3.09. The molecule has 0 spiro atoms. The molecule has 1 atom stereocenters. The predicted octanol–water partition coefficient (Wildman–Crippen LogP) is 1.84. The van der Waals surface area contributed by atoms with Crippen LogP contribution in [-0.2, 0) is 4.74 Å². The largest absolute Gasteiger partial charge is 0.497 e. The standard InChI is InChI=1S/C14H23N3O2/c1-5-17(10(2)9-18-3)13-8-11(19-4)6-7-12(13)14(15)16/h6-8,10H,5,9H2,1-4H3,(H3,15,16). The molecule has 0 amide bonds. The quantitative estimate of drug-likeness (QED) is 0.583. The first-order valence-corrected chi connectivity index (χ1v) is 6.33. The summed E-state index contributed by atoms with van der Waals surface area (Å²) in [5.74, 6) is 0.809. The summed E-state index contributed by atoms with van der Waals surface area (Å²) in [7, 11) is 3.31. The number of nitrogens with two attached hydrogens (primary N) is 1. The van der Waals surface area contributed by atoms with Crippen LogP contribution in [0.2, 0.25) is 0 Å². The van der Waals surface area contributed by atoms with Crippen LogP contribution in [0.5, 0.6) is 5.75 Å². The smallest absolute Gasteiger partial charge is 0.124 e. The fourth-order valence-corrected chi connectivity index (χ4v) is 2.15. The highest BCUT2D eigenvalue weighted by Gasteiger charge is 2.18. The van der Waals surface area contributed by atoms with Crippen molar-refractivity contribution in [3.8, 4) is 5.75 Å². The van der Waals surface area contributed by atoms with Crippen LogP contribution in [0, 0.1) is 5.41 Å². The van der Waals surface area contributed by atoms with Gasteiger partial charge in [-0.15, -0.1) is 0 Å². The van der Waals surface area contributed by atoms with Gasteiger partial charge in [0.15, 0.2) is 0 Å².